The maximum absolute atomic E-state index is 12.7. The number of pyridine rings is 1. The fraction of sp³-hybridized carbons (Fsp3) is 0.625. The molecule has 136 valence electrons. The summed E-state index contributed by atoms with van der Waals surface area (Å²) in [5.74, 6) is 0.510. The summed E-state index contributed by atoms with van der Waals surface area (Å²) >= 11 is 0. The van der Waals surface area contributed by atoms with Crippen LogP contribution in [0.2, 0.25) is 0 Å². The third-order valence-electron chi connectivity index (χ3n) is 5.36. The molecule has 2 N–H and O–H groups in total. The fourth-order valence-electron chi connectivity index (χ4n) is 3.95. The SMILES string of the molecule is N[C@@H]1CS(=O)(=O)[C@H]2CN(C(=O)c3ccc(N4CCOCC4)nc3)C[C@@H]12. The number of nitrogens with zero attached hydrogens (tertiary/aromatic N) is 3. The van der Waals surface area contributed by atoms with Gasteiger partial charge in [0.25, 0.3) is 5.91 Å². The van der Waals surface area contributed by atoms with Crippen molar-refractivity contribution in [3.63, 3.8) is 0 Å². The van der Waals surface area contributed by atoms with E-state index in [4.69, 9.17) is 10.5 Å². The second-order valence-electron chi connectivity index (χ2n) is 6.91. The molecule has 25 heavy (non-hydrogen) atoms. The molecule has 9 heteroatoms. The highest BCUT2D eigenvalue weighted by molar-refractivity contribution is 7.92. The third-order valence-corrected chi connectivity index (χ3v) is 7.63. The van der Waals surface area contributed by atoms with Gasteiger partial charge in [0.2, 0.25) is 0 Å². The van der Waals surface area contributed by atoms with Gasteiger partial charge in [-0.1, -0.05) is 0 Å². The number of amides is 1. The van der Waals surface area contributed by atoms with Crippen LogP contribution in [0.5, 0.6) is 0 Å². The lowest BCUT2D eigenvalue weighted by Gasteiger charge is -2.27. The van der Waals surface area contributed by atoms with Crippen LogP contribution in [-0.2, 0) is 14.6 Å². The van der Waals surface area contributed by atoms with Crippen molar-refractivity contribution in [2.45, 2.75) is 11.3 Å². The van der Waals surface area contributed by atoms with Gasteiger partial charge >= 0.3 is 0 Å². The second-order valence-corrected chi connectivity index (χ2v) is 9.17. The van der Waals surface area contributed by atoms with Crippen LogP contribution in [0.25, 0.3) is 0 Å². The highest BCUT2D eigenvalue weighted by Crippen LogP contribution is 2.33. The molecule has 3 aliphatic heterocycles. The zero-order valence-corrected chi connectivity index (χ0v) is 14.7. The Morgan fingerprint density at radius 3 is 2.64 bits per heavy atom. The summed E-state index contributed by atoms with van der Waals surface area (Å²) in [5.41, 5.74) is 6.43. The summed E-state index contributed by atoms with van der Waals surface area (Å²) in [6, 6.07) is 3.20. The van der Waals surface area contributed by atoms with Crippen molar-refractivity contribution in [3.05, 3.63) is 23.9 Å². The molecule has 0 bridgehead atoms. The molecule has 4 rings (SSSR count). The van der Waals surface area contributed by atoms with Crippen LogP contribution in [0, 0.1) is 5.92 Å². The number of rotatable bonds is 2. The van der Waals surface area contributed by atoms with Gasteiger partial charge in [-0.15, -0.1) is 0 Å². The van der Waals surface area contributed by atoms with Crippen molar-refractivity contribution in [2.24, 2.45) is 11.7 Å². The molecule has 0 unspecified atom stereocenters. The number of morpholine rings is 1. The lowest BCUT2D eigenvalue weighted by molar-refractivity contribution is 0.0785. The monoisotopic (exact) mass is 366 g/mol. The predicted octanol–water partition coefficient (Wildman–Crippen LogP) is -0.885. The molecule has 0 aromatic carbocycles. The standard InChI is InChI=1S/C16H22N4O4S/c17-13-10-25(22,23)14-9-20(8-12(13)14)16(21)11-1-2-15(18-7-11)19-3-5-24-6-4-19/h1-2,7,12-14H,3-6,8-10,17H2/t12-,13+,14-/m0/s1. The molecule has 0 aliphatic carbocycles. The molecule has 3 atom stereocenters. The summed E-state index contributed by atoms with van der Waals surface area (Å²) in [4.78, 5) is 20.8. The van der Waals surface area contributed by atoms with Crippen molar-refractivity contribution in [1.82, 2.24) is 9.88 Å². The van der Waals surface area contributed by atoms with Gasteiger partial charge in [0.1, 0.15) is 5.82 Å². The Balaban J connectivity index is 1.47. The molecule has 1 aromatic heterocycles. The van der Waals surface area contributed by atoms with Crippen LogP contribution in [0.15, 0.2) is 18.3 Å². The molecule has 4 heterocycles. The lowest BCUT2D eigenvalue weighted by Crippen LogP contribution is -2.37. The number of nitrogens with two attached hydrogens (primary N) is 1. The highest BCUT2D eigenvalue weighted by atomic mass is 32.2. The number of likely N-dealkylation sites (tertiary alicyclic amines) is 1. The third kappa shape index (κ3) is 3.00. The molecule has 1 amide bonds. The van der Waals surface area contributed by atoms with Crippen molar-refractivity contribution < 1.29 is 17.9 Å². The van der Waals surface area contributed by atoms with Crippen molar-refractivity contribution in [3.8, 4) is 0 Å². The highest BCUT2D eigenvalue weighted by Gasteiger charge is 2.51. The van der Waals surface area contributed by atoms with Gasteiger partial charge in [0.15, 0.2) is 9.84 Å². The van der Waals surface area contributed by atoms with Crippen LogP contribution in [0.1, 0.15) is 10.4 Å². The van der Waals surface area contributed by atoms with Gasteiger partial charge in [0.05, 0.1) is 29.8 Å². The number of aromatic nitrogens is 1. The zero-order chi connectivity index (χ0) is 17.6. The molecule has 3 fully saturated rings. The van der Waals surface area contributed by atoms with Crippen molar-refractivity contribution in [1.29, 1.82) is 0 Å². The number of hydrogen-bond donors (Lipinski definition) is 1. The normalized spacial score (nSPS) is 31.2. The van der Waals surface area contributed by atoms with Gasteiger partial charge in [-0.3, -0.25) is 4.79 Å². The van der Waals surface area contributed by atoms with E-state index in [0.717, 1.165) is 18.9 Å². The van der Waals surface area contributed by atoms with Crippen LogP contribution in [0.3, 0.4) is 0 Å². The van der Waals surface area contributed by atoms with Gasteiger partial charge < -0.3 is 20.3 Å². The van der Waals surface area contributed by atoms with Gasteiger partial charge in [-0.05, 0) is 12.1 Å². The first-order valence-corrected chi connectivity index (χ1v) is 10.2. The summed E-state index contributed by atoms with van der Waals surface area (Å²) in [7, 11) is -3.20. The number of ether oxygens (including phenoxy) is 1. The summed E-state index contributed by atoms with van der Waals surface area (Å²) < 4.78 is 29.6. The van der Waals surface area contributed by atoms with Crippen molar-refractivity contribution >= 4 is 21.6 Å². The quantitative estimate of drug-likeness (QED) is 0.724. The van der Waals surface area contributed by atoms with E-state index in [1.54, 1.807) is 17.2 Å². The number of sulfone groups is 1. The van der Waals surface area contributed by atoms with Gasteiger partial charge in [0, 0.05) is 44.3 Å². The van der Waals surface area contributed by atoms with E-state index >= 15 is 0 Å². The fourth-order valence-corrected chi connectivity index (χ4v) is 6.20. The second kappa shape index (κ2) is 6.22. The molecule has 0 radical (unpaired) electrons. The van der Waals surface area contributed by atoms with Gasteiger partial charge in [-0.25, -0.2) is 13.4 Å². The minimum absolute atomic E-state index is 0.0279. The summed E-state index contributed by atoms with van der Waals surface area (Å²) in [5, 5.41) is -0.521. The number of hydrogen-bond acceptors (Lipinski definition) is 7. The Morgan fingerprint density at radius 2 is 2.00 bits per heavy atom. The Labute approximate surface area is 146 Å². The summed E-state index contributed by atoms with van der Waals surface area (Å²) in [6.07, 6.45) is 1.57. The molecular weight excluding hydrogens is 344 g/mol. The minimum Gasteiger partial charge on any atom is -0.378 e. The largest absolute Gasteiger partial charge is 0.378 e. The molecule has 3 saturated heterocycles. The van der Waals surface area contributed by atoms with Crippen LogP contribution in [-0.4, -0.2) is 80.6 Å². The Hall–Kier alpha value is -1.71. The first-order chi connectivity index (χ1) is 12.0. The van der Waals surface area contributed by atoms with E-state index in [-0.39, 0.29) is 30.2 Å². The van der Waals surface area contributed by atoms with Crippen LogP contribution < -0.4 is 10.6 Å². The van der Waals surface area contributed by atoms with E-state index in [2.05, 4.69) is 9.88 Å². The first-order valence-electron chi connectivity index (χ1n) is 8.51. The average molecular weight is 366 g/mol. The van der Waals surface area contributed by atoms with Crippen LogP contribution >= 0.6 is 0 Å². The predicted molar refractivity (Wildman–Crippen MR) is 92.2 cm³/mol. The maximum atomic E-state index is 12.7. The van der Waals surface area contributed by atoms with E-state index in [1.807, 2.05) is 6.07 Å². The number of fused-ring (bicyclic) bond motifs is 1. The molecule has 8 nitrogen and oxygen atoms in total. The Bertz CT molecular complexity index is 761. The average Bonchev–Trinajstić information content (AvgIpc) is 3.16. The molecule has 0 spiro atoms. The Morgan fingerprint density at radius 1 is 1.24 bits per heavy atom. The van der Waals surface area contributed by atoms with Crippen molar-refractivity contribution in [2.75, 3.05) is 50.0 Å². The van der Waals surface area contributed by atoms with E-state index in [0.29, 0.717) is 25.3 Å². The van der Waals surface area contributed by atoms with E-state index in [1.165, 1.54) is 0 Å². The minimum atomic E-state index is -3.20. The van der Waals surface area contributed by atoms with Crippen LogP contribution in [0.4, 0.5) is 5.82 Å². The zero-order valence-electron chi connectivity index (χ0n) is 13.9. The maximum Gasteiger partial charge on any atom is 0.255 e. The van der Waals surface area contributed by atoms with E-state index < -0.39 is 15.1 Å². The number of anilines is 1. The summed E-state index contributed by atoms with van der Waals surface area (Å²) in [6.45, 7) is 3.54. The number of carbonyl (C=O) groups is 1. The first kappa shape index (κ1) is 16.7. The topological polar surface area (TPSA) is 106 Å². The molecule has 3 aliphatic rings. The molecular formula is C16H22N4O4S. The lowest BCUT2D eigenvalue weighted by atomic mass is 10.0. The Kier molecular flexibility index (Phi) is 4.17. The smallest absolute Gasteiger partial charge is 0.255 e. The molecule has 0 saturated carbocycles. The van der Waals surface area contributed by atoms with Gasteiger partial charge in [-0.2, -0.15) is 0 Å². The van der Waals surface area contributed by atoms with E-state index in [9.17, 15) is 13.2 Å². The number of carbonyl (C=O) groups excluding carboxylic acids is 1. The molecule has 1 aromatic rings.